The molecule has 158 valence electrons. The number of rotatable bonds is 4. The van der Waals surface area contributed by atoms with Gasteiger partial charge in [0.1, 0.15) is 5.69 Å². The minimum Gasteiger partial charge on any atom is -0.291 e. The number of non-ortho nitro benzene ring substituents is 1. The molecular weight excluding hydrogens is 392 g/mol. The van der Waals surface area contributed by atoms with Gasteiger partial charge in [0, 0.05) is 30.3 Å². The van der Waals surface area contributed by atoms with Gasteiger partial charge in [-0.2, -0.15) is 4.98 Å². The van der Waals surface area contributed by atoms with Crippen molar-refractivity contribution in [3.05, 3.63) is 63.2 Å². The van der Waals surface area contributed by atoms with Gasteiger partial charge in [0.25, 0.3) is 5.69 Å². The molecule has 0 spiro atoms. The monoisotopic (exact) mass is 416 g/mol. The van der Waals surface area contributed by atoms with Crippen molar-refractivity contribution in [2.45, 2.75) is 45.1 Å². The number of nitro groups is 1. The van der Waals surface area contributed by atoms with E-state index in [9.17, 15) is 14.9 Å². The molecule has 1 aromatic carbocycles. The molecule has 3 aromatic rings. The highest BCUT2D eigenvalue weighted by Gasteiger charge is 2.51. The molecule has 31 heavy (non-hydrogen) atoms. The molecule has 4 saturated carbocycles. The van der Waals surface area contributed by atoms with Gasteiger partial charge >= 0.3 is 5.69 Å². The van der Waals surface area contributed by atoms with Crippen molar-refractivity contribution < 1.29 is 4.92 Å². The van der Waals surface area contributed by atoms with E-state index in [1.165, 1.54) is 50.7 Å². The Morgan fingerprint density at radius 2 is 1.77 bits per heavy atom. The number of benzene rings is 1. The summed E-state index contributed by atoms with van der Waals surface area (Å²) in [4.78, 5) is 33.0. The average molecular weight is 416 g/mol. The molecule has 4 bridgehead atoms. The van der Waals surface area contributed by atoms with Crippen LogP contribution in [0, 0.1) is 33.3 Å². The first-order chi connectivity index (χ1) is 15.0. The standard InChI is InChI=1S/C24H24N4O3/c29-23-26-22(20-3-1-2-6-25-20)19-10-18(28(30)31)4-5-21(19)27(23)14-24-11-15-7-16(12-24)9-17(8-15)13-24/h1-6,10,15-17H,7-9,11-14H2. The van der Waals surface area contributed by atoms with Crippen LogP contribution in [0.5, 0.6) is 0 Å². The van der Waals surface area contributed by atoms with Gasteiger partial charge in [-0.05, 0) is 79.9 Å². The molecule has 4 aliphatic carbocycles. The highest BCUT2D eigenvalue weighted by Crippen LogP contribution is 2.60. The van der Waals surface area contributed by atoms with E-state index in [4.69, 9.17) is 0 Å². The quantitative estimate of drug-likeness (QED) is 0.458. The first-order valence-corrected chi connectivity index (χ1v) is 11.1. The molecular formula is C24H24N4O3. The van der Waals surface area contributed by atoms with Gasteiger partial charge in [-0.1, -0.05) is 6.07 Å². The molecule has 7 nitrogen and oxygen atoms in total. The molecule has 0 aliphatic heterocycles. The Hall–Kier alpha value is -3.09. The van der Waals surface area contributed by atoms with E-state index in [1.807, 2.05) is 6.07 Å². The summed E-state index contributed by atoms with van der Waals surface area (Å²) in [6.07, 6.45) is 9.22. The van der Waals surface area contributed by atoms with Crippen LogP contribution in [0.4, 0.5) is 5.69 Å². The lowest BCUT2D eigenvalue weighted by atomic mass is 9.49. The van der Waals surface area contributed by atoms with Crippen molar-refractivity contribution in [3.63, 3.8) is 0 Å². The first kappa shape index (κ1) is 18.7. The van der Waals surface area contributed by atoms with Crippen molar-refractivity contribution in [1.29, 1.82) is 0 Å². The Labute approximate surface area is 179 Å². The van der Waals surface area contributed by atoms with E-state index in [1.54, 1.807) is 29.0 Å². The lowest BCUT2D eigenvalue weighted by Gasteiger charge is -2.57. The summed E-state index contributed by atoms with van der Waals surface area (Å²) in [5, 5.41) is 12.1. The fraction of sp³-hybridized carbons (Fsp3) is 0.458. The zero-order valence-electron chi connectivity index (χ0n) is 17.2. The third-order valence-corrected chi connectivity index (χ3v) is 7.74. The predicted molar refractivity (Wildman–Crippen MR) is 116 cm³/mol. The zero-order valence-corrected chi connectivity index (χ0v) is 17.2. The van der Waals surface area contributed by atoms with Gasteiger partial charge in [-0.25, -0.2) is 4.79 Å². The van der Waals surface area contributed by atoms with Crippen LogP contribution >= 0.6 is 0 Å². The van der Waals surface area contributed by atoms with E-state index in [0.717, 1.165) is 17.8 Å². The second-order valence-corrected chi connectivity index (χ2v) is 9.92. The van der Waals surface area contributed by atoms with E-state index < -0.39 is 4.92 Å². The minimum absolute atomic E-state index is 0.00788. The predicted octanol–water partition coefficient (Wildman–Crippen LogP) is 4.58. The molecule has 7 rings (SSSR count). The first-order valence-electron chi connectivity index (χ1n) is 11.1. The molecule has 7 heteroatoms. The van der Waals surface area contributed by atoms with Gasteiger partial charge < -0.3 is 0 Å². The molecule has 0 atom stereocenters. The second kappa shape index (κ2) is 6.70. The van der Waals surface area contributed by atoms with Crippen molar-refractivity contribution >= 4 is 16.6 Å². The van der Waals surface area contributed by atoms with Gasteiger partial charge in [0.15, 0.2) is 0 Å². The summed E-state index contributed by atoms with van der Waals surface area (Å²) in [5.41, 5.74) is 1.52. The molecule has 2 heterocycles. The Morgan fingerprint density at radius 3 is 2.39 bits per heavy atom. The van der Waals surface area contributed by atoms with Crippen LogP contribution in [-0.2, 0) is 6.54 Å². The molecule has 0 amide bonds. The number of pyridine rings is 1. The van der Waals surface area contributed by atoms with Crippen LogP contribution in [0.2, 0.25) is 0 Å². The maximum absolute atomic E-state index is 13.3. The van der Waals surface area contributed by atoms with Crippen LogP contribution < -0.4 is 5.69 Å². The van der Waals surface area contributed by atoms with Crippen LogP contribution in [0.15, 0.2) is 47.4 Å². The van der Waals surface area contributed by atoms with Crippen molar-refractivity contribution in [3.8, 4) is 11.4 Å². The molecule has 0 radical (unpaired) electrons. The van der Waals surface area contributed by atoms with Gasteiger partial charge in [0.05, 0.1) is 16.1 Å². The Balaban J connectivity index is 1.52. The third-order valence-electron chi connectivity index (χ3n) is 7.74. The van der Waals surface area contributed by atoms with Crippen molar-refractivity contribution in [2.75, 3.05) is 0 Å². The molecule has 0 saturated heterocycles. The normalized spacial score (nSPS) is 28.8. The number of nitro benzene ring substituents is 1. The summed E-state index contributed by atoms with van der Waals surface area (Å²) in [6.45, 7) is 0.652. The van der Waals surface area contributed by atoms with E-state index in [-0.39, 0.29) is 16.8 Å². The Morgan fingerprint density at radius 1 is 1.06 bits per heavy atom. The fourth-order valence-electron chi connectivity index (χ4n) is 7.05. The van der Waals surface area contributed by atoms with Crippen LogP contribution in [0.3, 0.4) is 0 Å². The molecule has 2 aromatic heterocycles. The maximum atomic E-state index is 13.3. The number of fused-ring (bicyclic) bond motifs is 1. The summed E-state index contributed by atoms with van der Waals surface area (Å²) in [6, 6.07) is 10.1. The van der Waals surface area contributed by atoms with Crippen molar-refractivity contribution in [2.24, 2.45) is 23.2 Å². The smallest absolute Gasteiger partial charge is 0.291 e. The van der Waals surface area contributed by atoms with E-state index >= 15 is 0 Å². The highest BCUT2D eigenvalue weighted by atomic mass is 16.6. The lowest BCUT2D eigenvalue weighted by molar-refractivity contribution is -0.384. The number of nitrogens with zero attached hydrogens (tertiary/aromatic N) is 4. The van der Waals surface area contributed by atoms with Crippen LogP contribution in [0.1, 0.15) is 38.5 Å². The number of hydrogen-bond donors (Lipinski definition) is 0. The largest absolute Gasteiger partial charge is 0.348 e. The third kappa shape index (κ3) is 3.06. The van der Waals surface area contributed by atoms with Crippen LogP contribution in [0.25, 0.3) is 22.3 Å². The summed E-state index contributed by atoms with van der Waals surface area (Å²) < 4.78 is 1.78. The minimum atomic E-state index is -0.407. The average Bonchev–Trinajstić information content (AvgIpc) is 2.74. The molecule has 0 N–H and O–H groups in total. The summed E-state index contributed by atoms with van der Waals surface area (Å²) in [5.74, 6) is 2.36. The molecule has 0 unspecified atom stereocenters. The van der Waals surface area contributed by atoms with Gasteiger partial charge in [-0.3, -0.25) is 19.7 Å². The highest BCUT2D eigenvalue weighted by molar-refractivity contribution is 5.93. The Bertz CT molecular complexity index is 1220. The van der Waals surface area contributed by atoms with E-state index in [2.05, 4.69) is 9.97 Å². The van der Waals surface area contributed by atoms with E-state index in [0.29, 0.717) is 28.8 Å². The van der Waals surface area contributed by atoms with Gasteiger partial charge in [0.2, 0.25) is 0 Å². The SMILES string of the molecule is O=c1nc(-c2ccccn2)c2cc([N+](=O)[O-])ccc2n1CC12CC3CC(CC(C3)C1)C2. The number of aromatic nitrogens is 3. The number of hydrogen-bond acceptors (Lipinski definition) is 5. The second-order valence-electron chi connectivity index (χ2n) is 9.92. The maximum Gasteiger partial charge on any atom is 0.348 e. The zero-order chi connectivity index (χ0) is 21.2. The summed E-state index contributed by atoms with van der Waals surface area (Å²) in [7, 11) is 0. The summed E-state index contributed by atoms with van der Waals surface area (Å²) >= 11 is 0. The topological polar surface area (TPSA) is 90.9 Å². The fourth-order valence-corrected chi connectivity index (χ4v) is 7.05. The van der Waals surface area contributed by atoms with Crippen LogP contribution in [-0.4, -0.2) is 19.5 Å². The molecule has 4 aliphatic rings. The Kier molecular flexibility index (Phi) is 4.04. The van der Waals surface area contributed by atoms with Gasteiger partial charge in [-0.15, -0.1) is 0 Å². The molecule has 4 fully saturated rings. The van der Waals surface area contributed by atoms with Crippen molar-refractivity contribution in [1.82, 2.24) is 14.5 Å². The lowest BCUT2D eigenvalue weighted by Crippen LogP contribution is -2.49.